The van der Waals surface area contributed by atoms with Crippen LogP contribution < -0.4 is 10.1 Å². The zero-order valence-electron chi connectivity index (χ0n) is 15.1. The van der Waals surface area contributed by atoms with Crippen molar-refractivity contribution in [2.24, 2.45) is 0 Å². The molecule has 0 aliphatic rings. The average Bonchev–Trinajstić information content (AvgIpc) is 3.04. The van der Waals surface area contributed by atoms with Gasteiger partial charge in [-0.05, 0) is 38.1 Å². The van der Waals surface area contributed by atoms with Gasteiger partial charge in [-0.2, -0.15) is 10.2 Å². The van der Waals surface area contributed by atoms with E-state index in [0.29, 0.717) is 23.0 Å². The van der Waals surface area contributed by atoms with Crippen molar-refractivity contribution in [1.82, 2.24) is 15.5 Å². The molecule has 0 atom stereocenters. The molecule has 1 aromatic carbocycles. The molecule has 0 aliphatic heterocycles. The Balaban J connectivity index is 1.96. The van der Waals surface area contributed by atoms with Crippen molar-refractivity contribution in [2.75, 3.05) is 6.61 Å². The molecular weight excluding hydrogens is 320 g/mol. The molecule has 2 aromatic rings. The molecule has 1 amide bonds. The summed E-state index contributed by atoms with van der Waals surface area (Å²) in [5.41, 5.74) is -0.521. The number of hydrogen-bond donors (Lipinski definition) is 1. The highest BCUT2D eigenvalue weighted by Gasteiger charge is 2.31. The van der Waals surface area contributed by atoms with Gasteiger partial charge in [-0.15, -0.1) is 0 Å². The number of nitrogens with one attached hydrogen (secondary N) is 1. The van der Waals surface area contributed by atoms with E-state index in [4.69, 9.17) is 14.5 Å². The Kier molecular flexibility index (Phi) is 5.12. The number of benzene rings is 1. The zero-order chi connectivity index (χ0) is 18.7. The Morgan fingerprint density at radius 2 is 1.88 bits per heavy atom. The molecule has 132 valence electrons. The molecule has 7 heteroatoms. The molecule has 0 fully saturated rings. The van der Waals surface area contributed by atoms with Crippen LogP contribution in [0.3, 0.4) is 0 Å². The number of amides is 1. The van der Waals surface area contributed by atoms with Gasteiger partial charge in [0.1, 0.15) is 5.75 Å². The monoisotopic (exact) mass is 342 g/mol. The number of carbonyl (C=O) groups excluding carboxylic acids is 1. The van der Waals surface area contributed by atoms with Crippen molar-refractivity contribution < 1.29 is 14.1 Å². The molecular formula is C18H22N4O3. The number of carbonyl (C=O) groups is 1. The first-order valence-electron chi connectivity index (χ1n) is 7.90. The fraction of sp³-hybridized carbons (Fsp3) is 0.444. The third-order valence-electron chi connectivity index (χ3n) is 3.43. The molecule has 0 unspecified atom stereocenters. The molecule has 0 spiro atoms. The predicted molar refractivity (Wildman–Crippen MR) is 90.8 cm³/mol. The van der Waals surface area contributed by atoms with Crippen molar-refractivity contribution in [1.29, 1.82) is 5.26 Å². The lowest BCUT2D eigenvalue weighted by molar-refractivity contribution is -0.124. The van der Waals surface area contributed by atoms with E-state index >= 15 is 0 Å². The maximum Gasteiger partial charge on any atom is 0.258 e. The van der Waals surface area contributed by atoms with Gasteiger partial charge in [-0.1, -0.05) is 25.9 Å². The van der Waals surface area contributed by atoms with Crippen LogP contribution in [0.25, 0.3) is 0 Å². The maximum atomic E-state index is 12.2. The minimum Gasteiger partial charge on any atom is -0.484 e. The van der Waals surface area contributed by atoms with Crippen LogP contribution in [0.15, 0.2) is 28.8 Å². The lowest BCUT2D eigenvalue weighted by Crippen LogP contribution is -2.44. The van der Waals surface area contributed by atoms with E-state index in [1.54, 1.807) is 38.1 Å². The van der Waals surface area contributed by atoms with E-state index in [1.165, 1.54) is 0 Å². The summed E-state index contributed by atoms with van der Waals surface area (Å²) < 4.78 is 10.7. The molecule has 1 heterocycles. The van der Waals surface area contributed by atoms with Gasteiger partial charge in [0.05, 0.1) is 17.2 Å². The summed E-state index contributed by atoms with van der Waals surface area (Å²) in [6.07, 6.45) is 0. The Morgan fingerprint density at radius 3 is 2.40 bits per heavy atom. The second kappa shape index (κ2) is 6.93. The summed E-state index contributed by atoms with van der Waals surface area (Å²) in [4.78, 5) is 16.5. The van der Waals surface area contributed by atoms with E-state index in [0.717, 1.165) is 0 Å². The average molecular weight is 342 g/mol. The minimum absolute atomic E-state index is 0.153. The van der Waals surface area contributed by atoms with Crippen LogP contribution in [-0.4, -0.2) is 22.7 Å². The topological polar surface area (TPSA) is 101 Å². The van der Waals surface area contributed by atoms with Gasteiger partial charge >= 0.3 is 0 Å². The second-order valence-corrected chi connectivity index (χ2v) is 7.27. The molecule has 25 heavy (non-hydrogen) atoms. The first-order valence-corrected chi connectivity index (χ1v) is 7.90. The van der Waals surface area contributed by atoms with Crippen molar-refractivity contribution in [3.8, 4) is 11.8 Å². The number of hydrogen-bond acceptors (Lipinski definition) is 6. The number of nitriles is 1. The molecule has 0 saturated heterocycles. The largest absolute Gasteiger partial charge is 0.484 e. The summed E-state index contributed by atoms with van der Waals surface area (Å²) in [6, 6.07) is 8.57. The highest BCUT2D eigenvalue weighted by Crippen LogP contribution is 2.23. The van der Waals surface area contributed by atoms with Crippen LogP contribution in [0.2, 0.25) is 0 Å². The van der Waals surface area contributed by atoms with E-state index in [9.17, 15) is 4.79 Å². The Labute approximate surface area is 147 Å². The summed E-state index contributed by atoms with van der Waals surface area (Å²) in [6.45, 7) is 9.36. The molecule has 0 radical (unpaired) electrons. The van der Waals surface area contributed by atoms with Gasteiger partial charge < -0.3 is 14.6 Å². The Morgan fingerprint density at radius 1 is 1.24 bits per heavy atom. The number of aromatic nitrogens is 2. The highest BCUT2D eigenvalue weighted by atomic mass is 16.5. The number of ether oxygens (including phenoxy) is 1. The van der Waals surface area contributed by atoms with Gasteiger partial charge in [-0.25, -0.2) is 0 Å². The maximum absolute atomic E-state index is 12.2. The van der Waals surface area contributed by atoms with E-state index < -0.39 is 5.54 Å². The van der Waals surface area contributed by atoms with Crippen molar-refractivity contribution in [3.63, 3.8) is 0 Å². The van der Waals surface area contributed by atoms with Crippen molar-refractivity contribution in [2.45, 2.75) is 45.6 Å². The smallest absolute Gasteiger partial charge is 0.258 e. The minimum atomic E-state index is -0.794. The highest BCUT2D eigenvalue weighted by molar-refractivity contribution is 5.78. The molecule has 7 nitrogen and oxygen atoms in total. The third kappa shape index (κ3) is 4.80. The summed E-state index contributed by atoms with van der Waals surface area (Å²) >= 11 is 0. The van der Waals surface area contributed by atoms with Gasteiger partial charge in [0.25, 0.3) is 5.91 Å². The summed E-state index contributed by atoms with van der Waals surface area (Å²) in [5.74, 6) is 1.13. The van der Waals surface area contributed by atoms with E-state index in [-0.39, 0.29) is 17.9 Å². The van der Waals surface area contributed by atoms with Crippen molar-refractivity contribution >= 4 is 5.91 Å². The fourth-order valence-corrected chi connectivity index (χ4v) is 2.00. The molecule has 0 aliphatic carbocycles. The van der Waals surface area contributed by atoms with Crippen LogP contribution in [0, 0.1) is 11.3 Å². The summed E-state index contributed by atoms with van der Waals surface area (Å²) in [7, 11) is 0. The molecule has 1 N–H and O–H groups in total. The van der Waals surface area contributed by atoms with Crippen LogP contribution in [0.5, 0.6) is 5.75 Å². The fourth-order valence-electron chi connectivity index (χ4n) is 2.00. The zero-order valence-corrected chi connectivity index (χ0v) is 15.1. The molecule has 0 bridgehead atoms. The lowest BCUT2D eigenvalue weighted by atomic mass is 9.97. The van der Waals surface area contributed by atoms with E-state index in [1.807, 2.05) is 26.8 Å². The van der Waals surface area contributed by atoms with Crippen LogP contribution in [0.4, 0.5) is 0 Å². The van der Waals surface area contributed by atoms with Crippen LogP contribution >= 0.6 is 0 Å². The Bertz CT molecular complexity index is 780. The lowest BCUT2D eigenvalue weighted by Gasteiger charge is -2.22. The molecule has 2 rings (SSSR count). The van der Waals surface area contributed by atoms with Gasteiger partial charge in [0, 0.05) is 5.41 Å². The summed E-state index contributed by atoms with van der Waals surface area (Å²) in [5, 5.41) is 15.6. The second-order valence-electron chi connectivity index (χ2n) is 7.27. The predicted octanol–water partition coefficient (Wildman–Crippen LogP) is 2.67. The van der Waals surface area contributed by atoms with Gasteiger partial charge in [0.2, 0.25) is 5.89 Å². The van der Waals surface area contributed by atoms with Gasteiger partial charge in [-0.3, -0.25) is 4.79 Å². The Hall–Kier alpha value is -2.88. The van der Waals surface area contributed by atoms with E-state index in [2.05, 4.69) is 15.5 Å². The van der Waals surface area contributed by atoms with Crippen LogP contribution in [0.1, 0.15) is 51.9 Å². The quantitative estimate of drug-likeness (QED) is 0.896. The first kappa shape index (κ1) is 18.5. The third-order valence-corrected chi connectivity index (χ3v) is 3.43. The normalized spacial score (nSPS) is 11.7. The number of nitrogens with zero attached hydrogens (tertiary/aromatic N) is 3. The number of rotatable bonds is 5. The molecule has 0 saturated carbocycles. The SMILES string of the molecule is CC(C)(C)c1nc(C(C)(C)NC(=O)COc2ccc(C#N)cc2)no1. The van der Waals surface area contributed by atoms with Gasteiger partial charge in [0.15, 0.2) is 12.4 Å². The molecule has 1 aromatic heterocycles. The van der Waals surface area contributed by atoms with Crippen molar-refractivity contribution in [3.05, 3.63) is 41.5 Å². The first-order chi connectivity index (χ1) is 11.6. The van der Waals surface area contributed by atoms with Crippen LogP contribution in [-0.2, 0) is 15.7 Å². The standard InChI is InChI=1S/C18H22N4O3/c1-17(2,3)16-20-15(22-25-16)18(4,5)21-14(23)11-24-13-8-6-12(10-19)7-9-13/h6-9H,11H2,1-5H3,(H,21,23).